The van der Waals surface area contributed by atoms with Crippen molar-refractivity contribution < 1.29 is 14.5 Å². The van der Waals surface area contributed by atoms with Crippen LogP contribution in [0.3, 0.4) is 0 Å². The molecule has 0 unspecified atom stereocenters. The predicted molar refractivity (Wildman–Crippen MR) is 105 cm³/mol. The average molecular weight is 362 g/mol. The van der Waals surface area contributed by atoms with Gasteiger partial charge in [0.25, 0.3) is 5.69 Å². The highest BCUT2D eigenvalue weighted by Gasteiger charge is 2.14. The van der Waals surface area contributed by atoms with Gasteiger partial charge in [-0.15, -0.1) is 0 Å². The summed E-state index contributed by atoms with van der Waals surface area (Å²) in [5.41, 5.74) is 0.711. The Morgan fingerprint density at radius 1 is 1.11 bits per heavy atom. The minimum absolute atomic E-state index is 0.122. The molecule has 0 saturated carbocycles. The van der Waals surface area contributed by atoms with E-state index in [4.69, 9.17) is 4.74 Å². The lowest BCUT2D eigenvalue weighted by Gasteiger charge is -2.06. The van der Waals surface area contributed by atoms with Crippen molar-refractivity contribution >= 4 is 27.9 Å². The van der Waals surface area contributed by atoms with Crippen LogP contribution in [0.1, 0.15) is 17.3 Å². The fraction of sp³-hybridized carbons (Fsp3) is 0.0952. The minimum atomic E-state index is -0.496. The predicted octanol–water partition coefficient (Wildman–Crippen LogP) is 4.96. The molecule has 6 heteroatoms. The number of nitro benzene ring substituents is 1. The number of ketones is 1. The first-order chi connectivity index (χ1) is 13.1. The maximum atomic E-state index is 12.4. The average Bonchev–Trinajstić information content (AvgIpc) is 2.68. The van der Waals surface area contributed by atoms with Gasteiger partial charge in [-0.3, -0.25) is 14.9 Å². The van der Waals surface area contributed by atoms with Gasteiger partial charge in [0.2, 0.25) is 0 Å². The number of carbonyl (C=O) groups excluding carboxylic acids is 1. The summed E-state index contributed by atoms with van der Waals surface area (Å²) in [5, 5.41) is 16.1. The number of hydrogen-bond acceptors (Lipinski definition) is 5. The summed E-state index contributed by atoms with van der Waals surface area (Å²) >= 11 is 0. The van der Waals surface area contributed by atoms with Crippen molar-refractivity contribution in [2.45, 2.75) is 6.92 Å². The summed E-state index contributed by atoms with van der Waals surface area (Å²) in [5.74, 6) is 0.229. The van der Waals surface area contributed by atoms with Gasteiger partial charge in [0.05, 0.1) is 17.6 Å². The first-order valence-electron chi connectivity index (χ1n) is 8.46. The Kier molecular flexibility index (Phi) is 5.47. The van der Waals surface area contributed by atoms with E-state index in [1.807, 2.05) is 36.4 Å². The summed E-state index contributed by atoms with van der Waals surface area (Å²) in [6.07, 6.45) is 2.75. The maximum Gasteiger partial charge on any atom is 0.296 e. The van der Waals surface area contributed by atoms with Gasteiger partial charge in [-0.2, -0.15) is 0 Å². The third-order valence-electron chi connectivity index (χ3n) is 3.98. The Balaban J connectivity index is 1.76. The molecule has 0 aromatic heterocycles. The molecule has 27 heavy (non-hydrogen) atoms. The number of nitrogens with zero attached hydrogens (tertiary/aromatic N) is 1. The van der Waals surface area contributed by atoms with E-state index >= 15 is 0 Å². The van der Waals surface area contributed by atoms with Gasteiger partial charge in [-0.25, -0.2) is 0 Å². The van der Waals surface area contributed by atoms with Gasteiger partial charge in [0.15, 0.2) is 5.78 Å². The normalized spacial score (nSPS) is 10.9. The number of rotatable bonds is 7. The van der Waals surface area contributed by atoms with Crippen molar-refractivity contribution in [2.24, 2.45) is 0 Å². The Morgan fingerprint density at radius 2 is 1.89 bits per heavy atom. The SMILES string of the molecule is CCOc1ccc(N/C=C\C(=O)c2ccc3ccccc3c2)c([N+](=O)[O-])c1. The molecule has 0 aliphatic rings. The van der Waals surface area contributed by atoms with Crippen LogP contribution in [0.2, 0.25) is 0 Å². The fourth-order valence-electron chi connectivity index (χ4n) is 2.69. The van der Waals surface area contributed by atoms with E-state index in [1.165, 1.54) is 18.3 Å². The van der Waals surface area contributed by atoms with Gasteiger partial charge in [0, 0.05) is 17.8 Å². The zero-order valence-electron chi connectivity index (χ0n) is 14.7. The van der Waals surface area contributed by atoms with Crippen molar-refractivity contribution in [2.75, 3.05) is 11.9 Å². The second-order valence-electron chi connectivity index (χ2n) is 5.77. The highest BCUT2D eigenvalue weighted by molar-refractivity contribution is 6.06. The van der Waals surface area contributed by atoms with Crippen LogP contribution in [0.25, 0.3) is 10.8 Å². The Hall–Kier alpha value is -3.67. The van der Waals surface area contributed by atoms with Gasteiger partial charge in [-0.05, 0) is 35.9 Å². The second kappa shape index (κ2) is 8.14. The molecule has 0 bridgehead atoms. The van der Waals surface area contributed by atoms with Crippen molar-refractivity contribution in [1.82, 2.24) is 0 Å². The van der Waals surface area contributed by atoms with Crippen molar-refractivity contribution in [1.29, 1.82) is 0 Å². The van der Waals surface area contributed by atoms with E-state index in [-0.39, 0.29) is 17.2 Å². The third kappa shape index (κ3) is 4.30. The Labute approximate surface area is 156 Å². The van der Waals surface area contributed by atoms with Crippen LogP contribution in [0.15, 0.2) is 72.9 Å². The molecule has 1 N–H and O–H groups in total. The van der Waals surface area contributed by atoms with E-state index in [0.717, 1.165) is 10.8 Å². The van der Waals surface area contributed by atoms with Gasteiger partial charge in [0.1, 0.15) is 11.4 Å². The summed E-state index contributed by atoms with van der Waals surface area (Å²) < 4.78 is 5.28. The fourth-order valence-corrected chi connectivity index (χ4v) is 2.69. The highest BCUT2D eigenvalue weighted by Crippen LogP contribution is 2.29. The number of benzene rings is 3. The first kappa shape index (κ1) is 18.1. The number of anilines is 1. The topological polar surface area (TPSA) is 81.5 Å². The third-order valence-corrected chi connectivity index (χ3v) is 3.98. The zero-order valence-corrected chi connectivity index (χ0v) is 14.7. The smallest absolute Gasteiger partial charge is 0.296 e. The summed E-state index contributed by atoms with van der Waals surface area (Å²) in [6, 6.07) is 17.8. The number of allylic oxidation sites excluding steroid dienone is 1. The standard InChI is InChI=1S/C21H18N2O4/c1-2-27-18-9-10-19(20(14-18)23(25)26)22-12-11-21(24)17-8-7-15-5-3-4-6-16(15)13-17/h3-14,22H,2H2,1H3/b12-11-. The summed E-state index contributed by atoms with van der Waals surface area (Å²) in [4.78, 5) is 23.1. The molecule has 3 aromatic carbocycles. The van der Waals surface area contributed by atoms with E-state index in [1.54, 1.807) is 25.1 Å². The number of ether oxygens (including phenoxy) is 1. The van der Waals surface area contributed by atoms with Crippen LogP contribution in [-0.2, 0) is 0 Å². The number of hydrogen-bond donors (Lipinski definition) is 1. The molecule has 6 nitrogen and oxygen atoms in total. The molecular formula is C21H18N2O4. The van der Waals surface area contributed by atoms with Crippen LogP contribution in [0.4, 0.5) is 11.4 Å². The van der Waals surface area contributed by atoms with Crippen molar-refractivity contribution in [3.05, 3.63) is 88.6 Å². The molecule has 0 fully saturated rings. The molecule has 3 aromatic rings. The molecule has 0 atom stereocenters. The lowest BCUT2D eigenvalue weighted by Crippen LogP contribution is -2.00. The van der Waals surface area contributed by atoms with Crippen LogP contribution in [-0.4, -0.2) is 17.3 Å². The molecule has 136 valence electrons. The van der Waals surface area contributed by atoms with Crippen LogP contribution in [0.5, 0.6) is 5.75 Å². The van der Waals surface area contributed by atoms with Crippen molar-refractivity contribution in [3.8, 4) is 5.75 Å². The summed E-state index contributed by atoms with van der Waals surface area (Å²) in [7, 11) is 0. The molecule has 3 rings (SSSR count). The van der Waals surface area contributed by atoms with Gasteiger partial charge in [-0.1, -0.05) is 36.4 Å². The maximum absolute atomic E-state index is 12.4. The lowest BCUT2D eigenvalue weighted by atomic mass is 10.0. The van der Waals surface area contributed by atoms with Crippen molar-refractivity contribution in [3.63, 3.8) is 0 Å². The molecule has 0 saturated heterocycles. The second-order valence-corrected chi connectivity index (χ2v) is 5.77. The molecule has 0 heterocycles. The number of fused-ring (bicyclic) bond motifs is 1. The monoisotopic (exact) mass is 362 g/mol. The Bertz CT molecular complexity index is 1030. The number of nitro groups is 1. The van der Waals surface area contributed by atoms with Crippen LogP contribution >= 0.6 is 0 Å². The Morgan fingerprint density at radius 3 is 2.63 bits per heavy atom. The highest BCUT2D eigenvalue weighted by atomic mass is 16.6. The van der Waals surface area contributed by atoms with E-state index in [2.05, 4.69) is 5.32 Å². The zero-order chi connectivity index (χ0) is 19.2. The quantitative estimate of drug-likeness (QED) is 0.278. The van der Waals surface area contributed by atoms with E-state index in [0.29, 0.717) is 17.9 Å². The number of nitrogens with one attached hydrogen (secondary N) is 1. The van der Waals surface area contributed by atoms with Crippen LogP contribution < -0.4 is 10.1 Å². The van der Waals surface area contributed by atoms with E-state index in [9.17, 15) is 14.9 Å². The molecule has 0 aliphatic heterocycles. The van der Waals surface area contributed by atoms with Crippen LogP contribution in [0, 0.1) is 10.1 Å². The van der Waals surface area contributed by atoms with Gasteiger partial charge >= 0.3 is 0 Å². The number of carbonyl (C=O) groups is 1. The molecule has 0 radical (unpaired) electrons. The minimum Gasteiger partial charge on any atom is -0.494 e. The largest absolute Gasteiger partial charge is 0.494 e. The molecule has 0 aliphatic carbocycles. The molecular weight excluding hydrogens is 344 g/mol. The lowest BCUT2D eigenvalue weighted by molar-refractivity contribution is -0.384. The molecule has 0 amide bonds. The van der Waals surface area contributed by atoms with E-state index < -0.39 is 4.92 Å². The van der Waals surface area contributed by atoms with Gasteiger partial charge < -0.3 is 10.1 Å². The first-order valence-corrected chi connectivity index (χ1v) is 8.46. The molecule has 0 spiro atoms. The summed E-state index contributed by atoms with van der Waals surface area (Å²) in [6.45, 7) is 2.23.